The van der Waals surface area contributed by atoms with Crippen molar-refractivity contribution in [2.75, 3.05) is 0 Å². The van der Waals surface area contributed by atoms with Gasteiger partial charge in [0.15, 0.2) is 0 Å². The van der Waals surface area contributed by atoms with E-state index in [4.69, 9.17) is 0 Å². The van der Waals surface area contributed by atoms with E-state index in [0.29, 0.717) is 0 Å². The van der Waals surface area contributed by atoms with E-state index in [1.807, 2.05) is 0 Å². The van der Waals surface area contributed by atoms with E-state index in [1.165, 1.54) is 22.3 Å². The van der Waals surface area contributed by atoms with Crippen molar-refractivity contribution in [3.05, 3.63) is 70.8 Å². The zero-order valence-electron chi connectivity index (χ0n) is 9.86. The first-order valence-electron chi connectivity index (χ1n) is 6.06. The fourth-order valence-electron chi connectivity index (χ4n) is 2.32. The van der Waals surface area contributed by atoms with E-state index < -0.39 is 0 Å². The fourth-order valence-corrected chi connectivity index (χ4v) is 2.32. The second-order valence-electron chi connectivity index (χ2n) is 4.63. The third-order valence-corrected chi connectivity index (χ3v) is 3.45. The van der Waals surface area contributed by atoms with Gasteiger partial charge in [0.05, 0.1) is 0 Å². The molecule has 0 amide bonds. The predicted molar refractivity (Wildman–Crippen MR) is 67.7 cm³/mol. The minimum Gasteiger partial charge on any atom is -0.0588 e. The van der Waals surface area contributed by atoms with Crippen LogP contribution in [-0.4, -0.2) is 0 Å². The van der Waals surface area contributed by atoms with Crippen LogP contribution in [0.1, 0.15) is 22.3 Å². The van der Waals surface area contributed by atoms with Crippen LogP contribution in [0, 0.1) is 0 Å². The summed E-state index contributed by atoms with van der Waals surface area (Å²) < 4.78 is 0. The van der Waals surface area contributed by atoms with E-state index in [1.54, 1.807) is 0 Å². The van der Waals surface area contributed by atoms with Crippen molar-refractivity contribution in [1.82, 2.24) is 0 Å². The number of aryl methyl sites for hydroxylation is 4. The molecule has 0 radical (unpaired) electrons. The van der Waals surface area contributed by atoms with E-state index in [2.05, 4.69) is 48.5 Å². The largest absolute Gasteiger partial charge is 0.0588 e. The molecule has 17 heavy (non-hydrogen) atoms. The summed E-state index contributed by atoms with van der Waals surface area (Å²) in [4.78, 5) is 0. The Kier molecular flexibility index (Phi) is 4.05. The van der Waals surface area contributed by atoms with Crippen LogP contribution in [0.4, 0.5) is 0 Å². The monoisotopic (exact) mass is 260 g/mol. The molecule has 4 aliphatic rings. The third-order valence-electron chi connectivity index (χ3n) is 3.45. The van der Waals surface area contributed by atoms with Gasteiger partial charge in [0.25, 0.3) is 0 Å². The Bertz CT molecular complexity index is 374. The molecule has 0 aliphatic heterocycles. The molecule has 0 nitrogen and oxygen atoms in total. The molecule has 2 aromatic rings. The van der Waals surface area contributed by atoms with Gasteiger partial charge in [-0.1, -0.05) is 48.5 Å². The summed E-state index contributed by atoms with van der Waals surface area (Å²) >= 11 is 0. The van der Waals surface area contributed by atoms with Crippen molar-refractivity contribution < 1.29 is 17.4 Å². The Balaban J connectivity index is 0.00000108. The number of rotatable bonds is 0. The van der Waals surface area contributed by atoms with Crippen LogP contribution < -0.4 is 0 Å². The molecule has 86 valence electrons. The van der Waals surface area contributed by atoms with Gasteiger partial charge in [-0.25, -0.2) is 0 Å². The molecule has 0 N–H and O–H groups in total. The van der Waals surface area contributed by atoms with Gasteiger partial charge < -0.3 is 0 Å². The quantitative estimate of drug-likeness (QED) is 0.679. The van der Waals surface area contributed by atoms with Crippen molar-refractivity contribution in [2.24, 2.45) is 0 Å². The van der Waals surface area contributed by atoms with Crippen LogP contribution in [0.25, 0.3) is 0 Å². The molecule has 6 rings (SSSR count). The van der Waals surface area contributed by atoms with Gasteiger partial charge in [0.2, 0.25) is 0 Å². The van der Waals surface area contributed by atoms with Crippen molar-refractivity contribution in [1.29, 1.82) is 0 Å². The summed E-state index contributed by atoms with van der Waals surface area (Å²) in [6.07, 6.45) is 4.61. The topological polar surface area (TPSA) is 0 Å². The molecule has 4 aliphatic carbocycles. The van der Waals surface area contributed by atoms with Crippen LogP contribution in [0.2, 0.25) is 0 Å². The molecule has 0 aromatic heterocycles. The molecular formula is C16H16Cr. The van der Waals surface area contributed by atoms with E-state index in [0.717, 1.165) is 25.7 Å². The van der Waals surface area contributed by atoms with Gasteiger partial charge in [-0.2, -0.15) is 0 Å². The summed E-state index contributed by atoms with van der Waals surface area (Å²) in [5, 5.41) is 0. The summed E-state index contributed by atoms with van der Waals surface area (Å²) in [7, 11) is 0. The van der Waals surface area contributed by atoms with Crippen LogP contribution >= 0.6 is 0 Å². The minimum absolute atomic E-state index is 0. The molecule has 2 aromatic carbocycles. The van der Waals surface area contributed by atoms with Gasteiger partial charge in [-0.05, 0) is 47.9 Å². The van der Waals surface area contributed by atoms with Gasteiger partial charge in [-0.3, -0.25) is 0 Å². The molecule has 0 heterocycles. The average Bonchev–Trinajstić information content (AvgIpc) is 2.33. The summed E-state index contributed by atoms with van der Waals surface area (Å²) in [6.45, 7) is 0. The summed E-state index contributed by atoms with van der Waals surface area (Å²) in [6, 6.07) is 18.2. The van der Waals surface area contributed by atoms with Crippen molar-refractivity contribution in [3.63, 3.8) is 0 Å². The molecule has 0 unspecified atom stereocenters. The maximum atomic E-state index is 2.28. The molecule has 0 spiro atoms. The summed E-state index contributed by atoms with van der Waals surface area (Å²) in [5.41, 5.74) is 5.81. The minimum atomic E-state index is 0. The Morgan fingerprint density at radius 2 is 0.588 bits per heavy atom. The molecular weight excluding hydrogens is 244 g/mol. The number of hydrogen-bond donors (Lipinski definition) is 0. The maximum Gasteiger partial charge on any atom is 0 e. The van der Waals surface area contributed by atoms with E-state index in [-0.39, 0.29) is 17.4 Å². The molecule has 1 heteroatoms. The van der Waals surface area contributed by atoms with Crippen LogP contribution in [0.5, 0.6) is 0 Å². The summed E-state index contributed by atoms with van der Waals surface area (Å²) in [5.74, 6) is 0. The van der Waals surface area contributed by atoms with E-state index >= 15 is 0 Å². The molecule has 0 atom stereocenters. The van der Waals surface area contributed by atoms with Crippen LogP contribution in [0.15, 0.2) is 48.5 Å². The smallest absolute Gasteiger partial charge is 0 e. The Labute approximate surface area is 114 Å². The molecule has 0 fully saturated rings. The SMILES string of the molecule is [Cr].c1cc2ccc1CCc1ccc(cc1)CC2. The zero-order valence-corrected chi connectivity index (χ0v) is 11.1. The van der Waals surface area contributed by atoms with Crippen molar-refractivity contribution in [3.8, 4) is 0 Å². The van der Waals surface area contributed by atoms with Crippen LogP contribution in [-0.2, 0) is 43.0 Å². The van der Waals surface area contributed by atoms with Gasteiger partial charge in [-0.15, -0.1) is 0 Å². The number of benzene rings is 2. The van der Waals surface area contributed by atoms with Crippen molar-refractivity contribution >= 4 is 0 Å². The van der Waals surface area contributed by atoms with Gasteiger partial charge >= 0.3 is 0 Å². The predicted octanol–water partition coefficient (Wildman–Crippen LogP) is 3.57. The standard InChI is InChI=1S/C16H16.Cr/c1-2-14-4-3-13(1)9-10-15-5-7-16(8-6-15)12-11-14;/h1-8H,9-12H2;. The van der Waals surface area contributed by atoms with Gasteiger partial charge in [0, 0.05) is 17.4 Å². The first-order chi connectivity index (χ1) is 7.90. The second-order valence-corrected chi connectivity index (χ2v) is 4.63. The molecule has 4 bridgehead atoms. The van der Waals surface area contributed by atoms with Crippen LogP contribution in [0.3, 0.4) is 0 Å². The Morgan fingerprint density at radius 3 is 0.765 bits per heavy atom. The van der Waals surface area contributed by atoms with E-state index in [9.17, 15) is 0 Å². The Morgan fingerprint density at radius 1 is 0.412 bits per heavy atom. The normalized spacial score (nSPS) is 13.6. The zero-order chi connectivity index (χ0) is 10.8. The van der Waals surface area contributed by atoms with Gasteiger partial charge in [0.1, 0.15) is 0 Å². The first-order valence-corrected chi connectivity index (χ1v) is 6.06. The fraction of sp³-hybridized carbons (Fsp3) is 0.250. The van der Waals surface area contributed by atoms with Crippen molar-refractivity contribution in [2.45, 2.75) is 25.7 Å². The molecule has 0 saturated heterocycles. The third kappa shape index (κ3) is 3.00. The number of hydrogen-bond acceptors (Lipinski definition) is 0. The second kappa shape index (κ2) is 5.54. The molecule has 0 saturated carbocycles. The first kappa shape index (κ1) is 12.4. The Hall–Kier alpha value is -1.03. The maximum absolute atomic E-state index is 2.28. The average molecular weight is 260 g/mol.